The highest BCUT2D eigenvalue weighted by molar-refractivity contribution is 9.10. The second-order valence-corrected chi connectivity index (χ2v) is 5.52. The molecule has 80 valence electrons. The lowest BCUT2D eigenvalue weighted by Gasteiger charge is -2.27. The van der Waals surface area contributed by atoms with E-state index in [-0.39, 0.29) is 10.5 Å². The lowest BCUT2D eigenvalue weighted by Crippen LogP contribution is -2.20. The number of hydrogen-bond donors (Lipinski definition) is 0. The van der Waals surface area contributed by atoms with Gasteiger partial charge in [-0.25, -0.2) is 0 Å². The molecule has 1 atom stereocenters. The van der Waals surface area contributed by atoms with Gasteiger partial charge in [-0.1, -0.05) is 27.2 Å². The third-order valence-corrected chi connectivity index (χ3v) is 4.72. The Morgan fingerprint density at radius 1 is 1.50 bits per heavy atom. The van der Waals surface area contributed by atoms with Gasteiger partial charge >= 0.3 is 0 Å². The summed E-state index contributed by atoms with van der Waals surface area (Å²) in [6.07, 6.45) is 3.29. The quantitative estimate of drug-likeness (QED) is 0.717. The fourth-order valence-corrected chi connectivity index (χ4v) is 3.64. The summed E-state index contributed by atoms with van der Waals surface area (Å²) in [6, 6.07) is 0. The highest BCUT2D eigenvalue weighted by atomic mass is 79.9. The molecule has 14 heavy (non-hydrogen) atoms. The van der Waals surface area contributed by atoms with Gasteiger partial charge in [-0.2, -0.15) is 4.39 Å². The largest absolute Gasteiger partial charge is 0.194 e. The summed E-state index contributed by atoms with van der Waals surface area (Å²) in [6.45, 7) is 6.55. The Labute approximate surface area is 97.7 Å². The minimum absolute atomic E-state index is 0.101. The first kappa shape index (κ1) is 12.2. The van der Waals surface area contributed by atoms with E-state index >= 15 is 0 Å². The molecule has 1 aromatic heterocycles. The lowest BCUT2D eigenvalue weighted by atomic mass is 9.78. The zero-order chi connectivity index (χ0) is 10.8. The van der Waals surface area contributed by atoms with Crippen molar-refractivity contribution < 1.29 is 4.39 Å². The minimum atomic E-state index is -0.101. The molecule has 0 aliphatic rings. The van der Waals surface area contributed by atoms with Gasteiger partial charge in [0, 0.05) is 0 Å². The molecule has 0 nitrogen and oxygen atoms in total. The van der Waals surface area contributed by atoms with Crippen LogP contribution in [0.2, 0.25) is 0 Å². The third-order valence-electron chi connectivity index (χ3n) is 2.92. The molecule has 0 saturated heterocycles. The van der Waals surface area contributed by atoms with Gasteiger partial charge in [-0.05, 0) is 45.1 Å². The second-order valence-electron chi connectivity index (χ2n) is 3.90. The van der Waals surface area contributed by atoms with Crippen LogP contribution in [0.25, 0.3) is 0 Å². The van der Waals surface area contributed by atoms with Crippen LogP contribution < -0.4 is 0 Å². The molecule has 0 aliphatic heterocycles. The molecule has 0 spiro atoms. The van der Waals surface area contributed by atoms with Crippen LogP contribution in [0.15, 0.2) is 9.85 Å². The maximum atomic E-state index is 13.2. The van der Waals surface area contributed by atoms with Gasteiger partial charge in [0.2, 0.25) is 0 Å². The molecule has 0 N–H and O–H groups in total. The number of hydrogen-bond acceptors (Lipinski definition) is 1. The molecule has 0 saturated carbocycles. The van der Waals surface area contributed by atoms with Crippen molar-refractivity contribution in [3.63, 3.8) is 0 Å². The van der Waals surface area contributed by atoms with Crippen molar-refractivity contribution in [3.05, 3.63) is 20.5 Å². The predicted molar refractivity (Wildman–Crippen MR) is 64.5 cm³/mol. The van der Waals surface area contributed by atoms with E-state index < -0.39 is 0 Å². The summed E-state index contributed by atoms with van der Waals surface area (Å²) in [4.78, 5) is 0. The van der Waals surface area contributed by atoms with E-state index in [1.54, 1.807) is 0 Å². The summed E-state index contributed by atoms with van der Waals surface area (Å²) >= 11 is 4.52. The molecule has 0 bridgehead atoms. The number of thiophene rings is 1. The predicted octanol–water partition coefficient (Wildman–Crippen LogP) is 5.12. The van der Waals surface area contributed by atoms with E-state index in [1.807, 2.05) is 5.38 Å². The molecule has 0 fully saturated rings. The van der Waals surface area contributed by atoms with Crippen LogP contribution in [0.4, 0.5) is 4.39 Å². The standard InChI is InChI=1S/C11H16BrFS/c1-4-6-11(3,5-2)8-7-14-10(13)9(8)12/h7H,4-6H2,1-3H3. The molecule has 1 unspecified atom stereocenters. The van der Waals surface area contributed by atoms with Crippen LogP contribution in [-0.2, 0) is 5.41 Å². The topological polar surface area (TPSA) is 0 Å². The van der Waals surface area contributed by atoms with Gasteiger partial charge < -0.3 is 0 Å². The van der Waals surface area contributed by atoms with Crippen molar-refractivity contribution in [1.29, 1.82) is 0 Å². The summed E-state index contributed by atoms with van der Waals surface area (Å²) < 4.78 is 13.9. The van der Waals surface area contributed by atoms with Crippen LogP contribution in [0, 0.1) is 5.13 Å². The average Bonchev–Trinajstić information content (AvgIpc) is 2.48. The van der Waals surface area contributed by atoms with Crippen LogP contribution in [-0.4, -0.2) is 0 Å². The van der Waals surface area contributed by atoms with Gasteiger partial charge in [0.1, 0.15) is 0 Å². The first-order chi connectivity index (χ1) is 6.55. The molecule has 1 heterocycles. The second kappa shape index (κ2) is 4.75. The molecule has 1 aromatic rings. The Morgan fingerprint density at radius 2 is 2.14 bits per heavy atom. The van der Waals surface area contributed by atoms with Crippen molar-refractivity contribution in [2.24, 2.45) is 0 Å². The van der Waals surface area contributed by atoms with E-state index in [0.717, 1.165) is 24.8 Å². The van der Waals surface area contributed by atoms with Gasteiger partial charge in [-0.3, -0.25) is 0 Å². The fourth-order valence-electron chi connectivity index (χ4n) is 1.78. The van der Waals surface area contributed by atoms with E-state index in [4.69, 9.17) is 0 Å². The van der Waals surface area contributed by atoms with Crippen molar-refractivity contribution in [2.75, 3.05) is 0 Å². The zero-order valence-electron chi connectivity index (χ0n) is 8.86. The van der Waals surface area contributed by atoms with Gasteiger partial charge in [0.25, 0.3) is 0 Å². The summed E-state index contributed by atoms with van der Waals surface area (Å²) in [5, 5.41) is 1.84. The average molecular weight is 279 g/mol. The Kier molecular flexibility index (Phi) is 4.14. The normalized spacial score (nSPS) is 15.5. The summed E-state index contributed by atoms with van der Waals surface area (Å²) in [7, 11) is 0. The zero-order valence-corrected chi connectivity index (χ0v) is 11.3. The first-order valence-electron chi connectivity index (χ1n) is 4.98. The Balaban J connectivity index is 3.05. The maximum absolute atomic E-state index is 13.2. The Bertz CT molecular complexity index is 308. The highest BCUT2D eigenvalue weighted by Crippen LogP contribution is 2.40. The summed E-state index contributed by atoms with van der Waals surface area (Å²) in [5.74, 6) is 0. The fraction of sp³-hybridized carbons (Fsp3) is 0.636. The van der Waals surface area contributed by atoms with Crippen LogP contribution in [0.1, 0.15) is 45.6 Å². The molecule has 0 aromatic carbocycles. The first-order valence-corrected chi connectivity index (χ1v) is 6.65. The third kappa shape index (κ3) is 2.19. The van der Waals surface area contributed by atoms with Gasteiger partial charge in [0.05, 0.1) is 4.47 Å². The highest BCUT2D eigenvalue weighted by Gasteiger charge is 2.28. The molecule has 1 rings (SSSR count). The van der Waals surface area contributed by atoms with Crippen LogP contribution in [0.5, 0.6) is 0 Å². The molecule has 0 aliphatic carbocycles. The van der Waals surface area contributed by atoms with Crippen molar-refractivity contribution in [1.82, 2.24) is 0 Å². The molecule has 0 amide bonds. The molecular formula is C11H16BrFS. The van der Waals surface area contributed by atoms with E-state index in [1.165, 1.54) is 11.3 Å². The maximum Gasteiger partial charge on any atom is 0.190 e. The number of rotatable bonds is 4. The smallest absolute Gasteiger partial charge is 0.190 e. The van der Waals surface area contributed by atoms with E-state index in [9.17, 15) is 4.39 Å². The minimum Gasteiger partial charge on any atom is -0.194 e. The van der Waals surface area contributed by atoms with Crippen LogP contribution in [0.3, 0.4) is 0 Å². The number of halogens is 2. The lowest BCUT2D eigenvalue weighted by molar-refractivity contribution is 0.412. The molecular weight excluding hydrogens is 263 g/mol. The van der Waals surface area contributed by atoms with Crippen LogP contribution >= 0.6 is 27.3 Å². The molecule has 0 radical (unpaired) electrons. The van der Waals surface area contributed by atoms with Gasteiger partial charge in [0.15, 0.2) is 5.13 Å². The monoisotopic (exact) mass is 278 g/mol. The van der Waals surface area contributed by atoms with Crippen molar-refractivity contribution in [2.45, 2.75) is 45.4 Å². The van der Waals surface area contributed by atoms with Crippen molar-refractivity contribution >= 4 is 27.3 Å². The Hall–Kier alpha value is 0.110. The van der Waals surface area contributed by atoms with E-state index in [2.05, 4.69) is 36.7 Å². The van der Waals surface area contributed by atoms with Gasteiger partial charge in [-0.15, -0.1) is 11.3 Å². The summed E-state index contributed by atoms with van der Waals surface area (Å²) in [5.41, 5.74) is 1.25. The van der Waals surface area contributed by atoms with Crippen molar-refractivity contribution in [3.8, 4) is 0 Å². The SMILES string of the molecule is CCCC(C)(CC)c1csc(F)c1Br. The Morgan fingerprint density at radius 3 is 2.50 bits per heavy atom. The van der Waals surface area contributed by atoms with E-state index in [0.29, 0.717) is 4.47 Å². The molecule has 3 heteroatoms.